The molecule has 1 aromatic carbocycles. The van der Waals surface area contributed by atoms with Crippen molar-refractivity contribution in [3.8, 4) is 0 Å². The van der Waals surface area contributed by atoms with Gasteiger partial charge in [-0.05, 0) is 36.6 Å². The highest BCUT2D eigenvalue weighted by Crippen LogP contribution is 2.38. The van der Waals surface area contributed by atoms with Gasteiger partial charge < -0.3 is 5.11 Å². The van der Waals surface area contributed by atoms with Crippen LogP contribution in [0.15, 0.2) is 29.2 Å². The number of amides is 1. The minimum atomic E-state index is -1.06. The van der Waals surface area contributed by atoms with Crippen LogP contribution in [0.4, 0.5) is 4.39 Å². The number of halogens is 1. The maximum Gasteiger partial charge on any atom is 0.326 e. The van der Waals surface area contributed by atoms with Gasteiger partial charge in [0.05, 0.1) is 4.91 Å². The van der Waals surface area contributed by atoms with E-state index in [-0.39, 0.29) is 10.1 Å². The van der Waals surface area contributed by atoms with Crippen LogP contribution in [0.25, 0.3) is 5.57 Å². The molecule has 1 aliphatic rings. The van der Waals surface area contributed by atoms with Crippen molar-refractivity contribution in [1.29, 1.82) is 0 Å². The van der Waals surface area contributed by atoms with Crippen molar-refractivity contribution in [2.24, 2.45) is 0 Å². The molecule has 4 nitrogen and oxygen atoms in total. The lowest BCUT2D eigenvalue weighted by molar-refractivity contribution is -0.145. The molecule has 2 rings (SSSR count). The van der Waals surface area contributed by atoms with Gasteiger partial charge in [0.25, 0.3) is 5.91 Å². The summed E-state index contributed by atoms with van der Waals surface area (Å²) in [6.45, 7) is 3.71. The predicted molar refractivity (Wildman–Crippen MR) is 97.0 cm³/mol. The molecule has 0 spiro atoms. The summed E-state index contributed by atoms with van der Waals surface area (Å²) in [6.07, 6.45) is 1.90. The molecule has 128 valence electrons. The van der Waals surface area contributed by atoms with Crippen molar-refractivity contribution < 1.29 is 19.1 Å². The van der Waals surface area contributed by atoms with Crippen LogP contribution in [-0.2, 0) is 9.59 Å². The van der Waals surface area contributed by atoms with Crippen molar-refractivity contribution in [2.75, 3.05) is 0 Å². The molecule has 7 heteroatoms. The van der Waals surface area contributed by atoms with Gasteiger partial charge in [0.2, 0.25) is 0 Å². The summed E-state index contributed by atoms with van der Waals surface area (Å²) in [5.74, 6) is -1.81. The first-order valence-electron chi connectivity index (χ1n) is 7.61. The fourth-order valence-electron chi connectivity index (χ4n) is 2.47. The Kier molecular flexibility index (Phi) is 6.12. The minimum absolute atomic E-state index is 0.250. The number of carboxylic acids is 1. The Balaban J connectivity index is 2.34. The molecule has 1 unspecified atom stereocenters. The molecule has 1 aliphatic heterocycles. The standard InChI is InChI=1S/C17H18FNO3S2/c1-3-4-5-13(16(21)22)19-15(20)14(24-17(19)23)10(2)11-6-8-12(18)9-7-11/h6-9,13H,3-5H2,1-2H3,(H,21,22)/b14-10-. The van der Waals surface area contributed by atoms with Crippen molar-refractivity contribution >= 4 is 45.7 Å². The van der Waals surface area contributed by atoms with Crippen molar-refractivity contribution in [3.05, 3.63) is 40.6 Å². The van der Waals surface area contributed by atoms with Gasteiger partial charge in [-0.2, -0.15) is 0 Å². The number of nitrogens with zero attached hydrogens (tertiary/aromatic N) is 1. The van der Waals surface area contributed by atoms with Crippen LogP contribution in [0.5, 0.6) is 0 Å². The summed E-state index contributed by atoms with van der Waals surface area (Å²) >= 11 is 6.34. The number of carbonyl (C=O) groups is 2. The second kappa shape index (κ2) is 7.90. The van der Waals surface area contributed by atoms with Crippen molar-refractivity contribution in [3.63, 3.8) is 0 Å². The predicted octanol–water partition coefficient (Wildman–Crippen LogP) is 4.06. The average molecular weight is 367 g/mol. The van der Waals surface area contributed by atoms with E-state index >= 15 is 0 Å². The first-order valence-corrected chi connectivity index (χ1v) is 8.84. The number of allylic oxidation sites excluding steroid dienone is 1. The zero-order valence-electron chi connectivity index (χ0n) is 13.4. The summed E-state index contributed by atoms with van der Waals surface area (Å²) in [5.41, 5.74) is 1.37. The Morgan fingerprint density at radius 2 is 2.00 bits per heavy atom. The number of rotatable bonds is 6. The SMILES string of the molecule is CCCCC(C(=O)O)N1C(=O)/C(=C(\C)c2ccc(F)cc2)SC1=S. The zero-order valence-corrected chi connectivity index (χ0v) is 15.0. The summed E-state index contributed by atoms with van der Waals surface area (Å²) in [5, 5.41) is 9.45. The minimum Gasteiger partial charge on any atom is -0.480 e. The number of unbranched alkanes of at least 4 members (excludes halogenated alkanes) is 1. The number of aliphatic carboxylic acids is 1. The third-order valence-corrected chi connectivity index (χ3v) is 5.35. The number of carbonyl (C=O) groups excluding carboxylic acids is 1. The van der Waals surface area contributed by atoms with Crippen LogP contribution in [0.3, 0.4) is 0 Å². The molecule has 1 aromatic rings. The third kappa shape index (κ3) is 3.84. The molecule has 24 heavy (non-hydrogen) atoms. The first-order chi connectivity index (χ1) is 11.4. The largest absolute Gasteiger partial charge is 0.480 e. The van der Waals surface area contributed by atoms with Crippen LogP contribution in [-0.4, -0.2) is 32.2 Å². The normalized spacial score (nSPS) is 18.0. The summed E-state index contributed by atoms with van der Waals surface area (Å²) < 4.78 is 13.3. The maximum absolute atomic E-state index is 13.1. The second-order valence-corrected chi connectivity index (χ2v) is 7.14. The molecule has 0 bridgehead atoms. The van der Waals surface area contributed by atoms with Crippen LogP contribution in [0.1, 0.15) is 38.7 Å². The molecule has 0 aromatic heterocycles. The molecule has 1 atom stereocenters. The molecule has 1 saturated heterocycles. The Hall–Kier alpha value is -1.73. The number of thiocarbonyl (C=S) groups is 1. The van der Waals surface area contributed by atoms with Gasteiger partial charge in [-0.3, -0.25) is 9.69 Å². The number of thioether (sulfide) groups is 1. The van der Waals surface area contributed by atoms with E-state index < -0.39 is 17.9 Å². The van der Waals surface area contributed by atoms with E-state index in [4.69, 9.17) is 12.2 Å². The zero-order chi connectivity index (χ0) is 17.9. The van der Waals surface area contributed by atoms with E-state index in [0.717, 1.165) is 18.2 Å². The van der Waals surface area contributed by atoms with Crippen molar-refractivity contribution in [2.45, 2.75) is 39.2 Å². The average Bonchev–Trinajstić information content (AvgIpc) is 2.83. The van der Waals surface area contributed by atoms with Gasteiger partial charge in [-0.1, -0.05) is 55.9 Å². The Bertz CT molecular complexity index is 700. The molecule has 1 fully saturated rings. The van der Waals surface area contributed by atoms with E-state index in [1.807, 2.05) is 6.92 Å². The highest BCUT2D eigenvalue weighted by Gasteiger charge is 2.41. The quantitative estimate of drug-likeness (QED) is 0.607. The number of benzene rings is 1. The number of hydrogen-bond donors (Lipinski definition) is 1. The maximum atomic E-state index is 13.1. The van der Waals surface area contributed by atoms with Gasteiger partial charge in [0.15, 0.2) is 0 Å². The van der Waals surface area contributed by atoms with E-state index in [1.165, 1.54) is 17.0 Å². The van der Waals surface area contributed by atoms with E-state index in [1.54, 1.807) is 19.1 Å². The molecular formula is C17H18FNO3S2. The fourth-order valence-corrected chi connectivity index (χ4v) is 3.87. The Morgan fingerprint density at radius 3 is 2.54 bits per heavy atom. The van der Waals surface area contributed by atoms with Crippen LogP contribution >= 0.6 is 24.0 Å². The molecule has 1 amide bonds. The van der Waals surface area contributed by atoms with Crippen LogP contribution in [0.2, 0.25) is 0 Å². The first kappa shape index (κ1) is 18.6. The van der Waals surface area contributed by atoms with Crippen LogP contribution < -0.4 is 0 Å². The molecule has 0 radical (unpaired) electrons. The van der Waals surface area contributed by atoms with Gasteiger partial charge in [-0.25, -0.2) is 9.18 Å². The van der Waals surface area contributed by atoms with E-state index in [0.29, 0.717) is 28.9 Å². The molecule has 0 saturated carbocycles. The third-order valence-electron chi connectivity index (χ3n) is 3.84. The lowest BCUT2D eigenvalue weighted by Crippen LogP contribution is -2.43. The summed E-state index contributed by atoms with van der Waals surface area (Å²) in [6, 6.07) is 4.87. The van der Waals surface area contributed by atoms with Gasteiger partial charge in [0.1, 0.15) is 16.2 Å². The number of carboxylic acid groups (broad SMARTS) is 1. The summed E-state index contributed by atoms with van der Waals surface area (Å²) in [7, 11) is 0. The molecule has 1 heterocycles. The Morgan fingerprint density at radius 1 is 1.38 bits per heavy atom. The summed E-state index contributed by atoms with van der Waals surface area (Å²) in [4.78, 5) is 25.9. The molecule has 1 N–H and O–H groups in total. The highest BCUT2D eigenvalue weighted by molar-refractivity contribution is 8.26. The van der Waals surface area contributed by atoms with Gasteiger partial charge in [0, 0.05) is 0 Å². The highest BCUT2D eigenvalue weighted by atomic mass is 32.2. The monoisotopic (exact) mass is 367 g/mol. The molecular weight excluding hydrogens is 349 g/mol. The lowest BCUT2D eigenvalue weighted by atomic mass is 10.1. The second-order valence-electron chi connectivity index (χ2n) is 5.50. The topological polar surface area (TPSA) is 57.6 Å². The number of hydrogen-bond acceptors (Lipinski definition) is 4. The van der Waals surface area contributed by atoms with E-state index in [9.17, 15) is 19.1 Å². The fraction of sp³-hybridized carbons (Fsp3) is 0.353. The van der Waals surface area contributed by atoms with Gasteiger partial charge in [-0.15, -0.1) is 0 Å². The molecule has 0 aliphatic carbocycles. The Labute approximate surface area is 149 Å². The van der Waals surface area contributed by atoms with Crippen molar-refractivity contribution in [1.82, 2.24) is 4.90 Å². The van der Waals surface area contributed by atoms with E-state index in [2.05, 4.69) is 0 Å². The van der Waals surface area contributed by atoms with Gasteiger partial charge >= 0.3 is 5.97 Å². The smallest absolute Gasteiger partial charge is 0.326 e. The lowest BCUT2D eigenvalue weighted by Gasteiger charge is -2.23. The van der Waals surface area contributed by atoms with Crippen LogP contribution in [0, 0.1) is 5.82 Å².